The lowest BCUT2D eigenvalue weighted by Gasteiger charge is -2.15. The molecule has 0 amide bonds. The highest BCUT2D eigenvalue weighted by Gasteiger charge is 2.07. The summed E-state index contributed by atoms with van der Waals surface area (Å²) in [7, 11) is 0. The number of nitrogens with zero attached hydrogens (tertiary/aromatic N) is 4. The molecule has 0 atom stereocenters. The summed E-state index contributed by atoms with van der Waals surface area (Å²) in [5.74, 6) is 0. The molecule has 6 heteroatoms. The fraction of sp³-hybridized carbons (Fsp3) is 0.136. The molecule has 0 fully saturated rings. The van der Waals surface area contributed by atoms with Gasteiger partial charge in [0.1, 0.15) is 12.7 Å². The number of benzene rings is 2. The van der Waals surface area contributed by atoms with Gasteiger partial charge in [-0.1, -0.05) is 36.4 Å². The summed E-state index contributed by atoms with van der Waals surface area (Å²) in [5, 5.41) is 11.2. The fourth-order valence-electron chi connectivity index (χ4n) is 3.02. The minimum Gasteiger partial charge on any atom is -0.383 e. The average Bonchev–Trinajstić information content (AvgIpc) is 3.28. The molecule has 0 saturated heterocycles. The molecule has 2 N–H and O–H groups in total. The molecule has 140 valence electrons. The van der Waals surface area contributed by atoms with Gasteiger partial charge in [-0.2, -0.15) is 5.10 Å². The van der Waals surface area contributed by atoms with Crippen LogP contribution in [0.5, 0.6) is 0 Å². The second-order valence-electron chi connectivity index (χ2n) is 6.43. The van der Waals surface area contributed by atoms with Crippen LogP contribution in [0.1, 0.15) is 5.56 Å². The molecule has 28 heavy (non-hydrogen) atoms. The molecule has 2 aromatic carbocycles. The van der Waals surface area contributed by atoms with E-state index in [4.69, 9.17) is 0 Å². The molecule has 0 aliphatic carbocycles. The van der Waals surface area contributed by atoms with Crippen LogP contribution in [0.25, 0.3) is 11.1 Å². The molecule has 2 heterocycles. The first-order valence-electron chi connectivity index (χ1n) is 9.27. The number of hydrogen-bond acceptors (Lipinski definition) is 5. The second kappa shape index (κ2) is 8.81. The topological polar surface area (TPSA) is 67.7 Å². The van der Waals surface area contributed by atoms with Gasteiger partial charge < -0.3 is 10.6 Å². The van der Waals surface area contributed by atoms with E-state index in [2.05, 4.69) is 74.2 Å². The van der Waals surface area contributed by atoms with E-state index in [1.165, 1.54) is 5.56 Å². The second-order valence-corrected chi connectivity index (χ2v) is 6.43. The molecule has 0 saturated carbocycles. The van der Waals surface area contributed by atoms with Crippen molar-refractivity contribution in [3.05, 3.63) is 91.3 Å². The molecule has 4 rings (SSSR count). The van der Waals surface area contributed by atoms with Crippen molar-refractivity contribution in [1.29, 1.82) is 0 Å². The average molecular weight is 370 g/mol. The molecule has 0 unspecified atom stereocenters. The van der Waals surface area contributed by atoms with Crippen molar-refractivity contribution < 1.29 is 0 Å². The Morgan fingerprint density at radius 2 is 1.82 bits per heavy atom. The summed E-state index contributed by atoms with van der Waals surface area (Å²) < 4.78 is 1.81. The number of pyridine rings is 1. The molecule has 2 aromatic heterocycles. The number of hydrogen-bond donors (Lipinski definition) is 2. The van der Waals surface area contributed by atoms with E-state index in [-0.39, 0.29) is 0 Å². The Hall–Kier alpha value is -3.67. The Labute approximate surface area is 164 Å². The van der Waals surface area contributed by atoms with E-state index >= 15 is 0 Å². The SMILES string of the molecule is c1ccc(CNc2ccc(NCCn3cncn3)c(-c3cccnc3)c2)cc1. The zero-order valence-corrected chi connectivity index (χ0v) is 15.5. The van der Waals surface area contributed by atoms with Gasteiger partial charge in [0.15, 0.2) is 0 Å². The lowest BCUT2D eigenvalue weighted by molar-refractivity contribution is 0.636. The van der Waals surface area contributed by atoms with Gasteiger partial charge >= 0.3 is 0 Å². The summed E-state index contributed by atoms with van der Waals surface area (Å²) in [6, 6.07) is 20.8. The highest BCUT2D eigenvalue weighted by molar-refractivity contribution is 5.80. The van der Waals surface area contributed by atoms with Crippen LogP contribution in [0.3, 0.4) is 0 Å². The van der Waals surface area contributed by atoms with Crippen molar-refractivity contribution in [2.45, 2.75) is 13.1 Å². The largest absolute Gasteiger partial charge is 0.383 e. The first-order valence-corrected chi connectivity index (χ1v) is 9.27. The Bertz CT molecular complexity index is 984. The first-order chi connectivity index (χ1) is 13.9. The van der Waals surface area contributed by atoms with Gasteiger partial charge in [-0.05, 0) is 29.8 Å². The normalized spacial score (nSPS) is 10.6. The summed E-state index contributed by atoms with van der Waals surface area (Å²) >= 11 is 0. The van der Waals surface area contributed by atoms with E-state index < -0.39 is 0 Å². The summed E-state index contributed by atoms with van der Waals surface area (Å²) in [6.07, 6.45) is 6.95. The number of aromatic nitrogens is 4. The van der Waals surface area contributed by atoms with Crippen LogP contribution in [0, 0.1) is 0 Å². The maximum atomic E-state index is 4.28. The lowest BCUT2D eigenvalue weighted by atomic mass is 10.0. The maximum Gasteiger partial charge on any atom is 0.137 e. The van der Waals surface area contributed by atoms with Crippen LogP contribution in [0.4, 0.5) is 11.4 Å². The van der Waals surface area contributed by atoms with Crippen LogP contribution < -0.4 is 10.6 Å². The Morgan fingerprint density at radius 3 is 2.61 bits per heavy atom. The van der Waals surface area contributed by atoms with Crippen molar-refractivity contribution in [3.8, 4) is 11.1 Å². The number of nitrogens with one attached hydrogen (secondary N) is 2. The van der Waals surface area contributed by atoms with Crippen molar-refractivity contribution >= 4 is 11.4 Å². The van der Waals surface area contributed by atoms with Crippen LogP contribution in [-0.2, 0) is 13.1 Å². The summed E-state index contributed by atoms with van der Waals surface area (Å²) in [6.45, 7) is 2.29. The number of anilines is 2. The minimum absolute atomic E-state index is 0.750. The van der Waals surface area contributed by atoms with Crippen LogP contribution in [0.2, 0.25) is 0 Å². The standard InChI is InChI=1S/C22H22N6/c1-2-5-18(6-3-1)14-26-20-8-9-22(25-11-12-28-17-24-16-27-28)21(13-20)19-7-4-10-23-15-19/h1-10,13,15-17,25-26H,11-12,14H2. The van der Waals surface area contributed by atoms with Gasteiger partial charge in [0.05, 0.1) is 6.54 Å². The first kappa shape index (κ1) is 17.7. The molecular weight excluding hydrogens is 348 g/mol. The van der Waals surface area contributed by atoms with Gasteiger partial charge in [0.25, 0.3) is 0 Å². The van der Waals surface area contributed by atoms with E-state index in [0.29, 0.717) is 0 Å². The number of rotatable bonds is 8. The van der Waals surface area contributed by atoms with Crippen LogP contribution >= 0.6 is 0 Å². The van der Waals surface area contributed by atoms with Gasteiger partial charge in [-0.25, -0.2) is 4.98 Å². The Balaban J connectivity index is 1.51. The molecular formula is C22H22N6. The predicted molar refractivity (Wildman–Crippen MR) is 112 cm³/mol. The van der Waals surface area contributed by atoms with Gasteiger partial charge in [0.2, 0.25) is 0 Å². The smallest absolute Gasteiger partial charge is 0.137 e. The molecule has 0 bridgehead atoms. The maximum absolute atomic E-state index is 4.28. The fourth-order valence-corrected chi connectivity index (χ4v) is 3.02. The predicted octanol–water partition coefficient (Wildman–Crippen LogP) is 4.06. The van der Waals surface area contributed by atoms with E-state index in [9.17, 15) is 0 Å². The third kappa shape index (κ3) is 4.54. The quantitative estimate of drug-likeness (QED) is 0.489. The monoisotopic (exact) mass is 370 g/mol. The Morgan fingerprint density at radius 1 is 0.893 bits per heavy atom. The summed E-state index contributed by atoms with van der Waals surface area (Å²) in [5.41, 5.74) is 5.59. The van der Waals surface area contributed by atoms with Crippen molar-refractivity contribution in [2.75, 3.05) is 17.2 Å². The van der Waals surface area contributed by atoms with Gasteiger partial charge in [-0.3, -0.25) is 9.67 Å². The van der Waals surface area contributed by atoms with E-state index in [0.717, 1.165) is 42.1 Å². The third-order valence-electron chi connectivity index (χ3n) is 4.45. The highest BCUT2D eigenvalue weighted by Crippen LogP contribution is 2.30. The Kier molecular flexibility index (Phi) is 5.58. The van der Waals surface area contributed by atoms with Crippen molar-refractivity contribution in [1.82, 2.24) is 19.7 Å². The van der Waals surface area contributed by atoms with Crippen LogP contribution in [0.15, 0.2) is 85.7 Å². The van der Waals surface area contributed by atoms with Crippen molar-refractivity contribution in [3.63, 3.8) is 0 Å². The van der Waals surface area contributed by atoms with Crippen LogP contribution in [-0.4, -0.2) is 26.3 Å². The lowest BCUT2D eigenvalue weighted by Crippen LogP contribution is -2.11. The minimum atomic E-state index is 0.750. The van der Waals surface area contributed by atoms with Gasteiger partial charge in [-0.15, -0.1) is 0 Å². The molecule has 0 aliphatic rings. The third-order valence-corrected chi connectivity index (χ3v) is 4.45. The molecule has 0 aliphatic heterocycles. The molecule has 0 spiro atoms. The molecule has 0 radical (unpaired) electrons. The zero-order chi connectivity index (χ0) is 19.0. The molecule has 6 nitrogen and oxygen atoms in total. The zero-order valence-electron chi connectivity index (χ0n) is 15.5. The van der Waals surface area contributed by atoms with Gasteiger partial charge in [0, 0.05) is 48.0 Å². The van der Waals surface area contributed by atoms with Crippen molar-refractivity contribution in [2.24, 2.45) is 0 Å². The van der Waals surface area contributed by atoms with E-state index in [1.54, 1.807) is 18.9 Å². The molecule has 4 aromatic rings. The summed E-state index contributed by atoms with van der Waals surface area (Å²) in [4.78, 5) is 8.25. The highest BCUT2D eigenvalue weighted by atomic mass is 15.3. The van der Waals surface area contributed by atoms with E-state index in [1.807, 2.05) is 23.0 Å².